The number of carbonyl (C=O) groups excluding carboxylic acids is 1. The fourth-order valence-corrected chi connectivity index (χ4v) is 4.23. The Bertz CT molecular complexity index is 1160. The topological polar surface area (TPSA) is 69.0 Å². The molecule has 6 nitrogen and oxygen atoms in total. The lowest BCUT2D eigenvalue weighted by atomic mass is 10.1. The van der Waals surface area contributed by atoms with Gasteiger partial charge >= 0.3 is 0 Å². The second-order valence-electron chi connectivity index (χ2n) is 7.43. The minimum atomic E-state index is -0.0123. The molecular formula is C26H26N4O2S. The molecule has 1 heterocycles. The predicted octanol–water partition coefficient (Wildman–Crippen LogP) is 4.78. The van der Waals surface area contributed by atoms with E-state index >= 15 is 0 Å². The van der Waals surface area contributed by atoms with Gasteiger partial charge in [-0.2, -0.15) is 0 Å². The molecule has 4 rings (SSSR count). The highest BCUT2D eigenvalue weighted by molar-refractivity contribution is 7.99. The van der Waals surface area contributed by atoms with Gasteiger partial charge in [-0.25, -0.2) is 0 Å². The molecule has 1 aromatic heterocycles. The maximum atomic E-state index is 12.4. The van der Waals surface area contributed by atoms with E-state index in [1.54, 1.807) is 7.11 Å². The molecule has 7 heteroatoms. The first kappa shape index (κ1) is 22.6. The average Bonchev–Trinajstić information content (AvgIpc) is 3.30. The van der Waals surface area contributed by atoms with Crippen molar-refractivity contribution >= 4 is 17.7 Å². The number of methoxy groups -OCH3 is 1. The highest BCUT2D eigenvalue weighted by Crippen LogP contribution is 2.28. The third kappa shape index (κ3) is 6.02. The molecule has 0 saturated heterocycles. The summed E-state index contributed by atoms with van der Waals surface area (Å²) in [6.07, 6.45) is 1.85. The number of ether oxygens (including phenoxy) is 1. The highest BCUT2D eigenvalue weighted by atomic mass is 32.2. The van der Waals surface area contributed by atoms with Crippen molar-refractivity contribution in [2.75, 3.05) is 19.4 Å². The summed E-state index contributed by atoms with van der Waals surface area (Å²) in [5.74, 6) is 1.76. The summed E-state index contributed by atoms with van der Waals surface area (Å²) in [5, 5.41) is 12.5. The summed E-state index contributed by atoms with van der Waals surface area (Å²) in [6.45, 7) is 0.650. The number of amides is 1. The average molecular weight is 459 g/mol. The Morgan fingerprint density at radius 3 is 2.33 bits per heavy atom. The molecule has 0 bridgehead atoms. The van der Waals surface area contributed by atoms with Crippen molar-refractivity contribution in [3.8, 4) is 22.8 Å². The van der Waals surface area contributed by atoms with Crippen molar-refractivity contribution in [3.05, 3.63) is 90.5 Å². The van der Waals surface area contributed by atoms with Crippen molar-refractivity contribution in [2.45, 2.75) is 18.0 Å². The maximum absolute atomic E-state index is 12.4. The van der Waals surface area contributed by atoms with Gasteiger partial charge in [-0.3, -0.25) is 9.36 Å². The Morgan fingerprint density at radius 2 is 1.64 bits per heavy atom. The van der Waals surface area contributed by atoms with E-state index in [1.807, 2.05) is 77.4 Å². The van der Waals surface area contributed by atoms with Crippen LogP contribution in [0.15, 0.2) is 90.1 Å². The minimum absolute atomic E-state index is 0.0123. The van der Waals surface area contributed by atoms with Crippen LogP contribution in [0.3, 0.4) is 0 Å². The first-order valence-electron chi connectivity index (χ1n) is 10.8. The molecule has 0 aliphatic heterocycles. The standard InChI is InChI=1S/C26H26N4O2S/c1-32-23-16-14-21(15-17-23)25-28-29-26(30(25)22-12-6-3-7-13-22)33-19-24(31)27-18-8-11-20-9-4-2-5-10-20/h2-7,9-10,12-17H,8,11,18-19H2,1H3,(H,27,31). The number of aryl methyl sites for hydroxylation is 1. The molecule has 0 atom stereocenters. The van der Waals surface area contributed by atoms with E-state index in [9.17, 15) is 4.79 Å². The van der Waals surface area contributed by atoms with Gasteiger partial charge in [-0.15, -0.1) is 10.2 Å². The Labute approximate surface area is 198 Å². The zero-order valence-electron chi connectivity index (χ0n) is 18.5. The number of thioether (sulfide) groups is 1. The van der Waals surface area contributed by atoms with E-state index in [0.717, 1.165) is 35.7 Å². The highest BCUT2D eigenvalue weighted by Gasteiger charge is 2.17. The number of nitrogens with zero attached hydrogens (tertiary/aromatic N) is 3. The normalized spacial score (nSPS) is 10.7. The van der Waals surface area contributed by atoms with Gasteiger partial charge in [0.1, 0.15) is 5.75 Å². The van der Waals surface area contributed by atoms with Crippen LogP contribution in [0.25, 0.3) is 17.1 Å². The molecule has 0 unspecified atom stereocenters. The third-order valence-electron chi connectivity index (χ3n) is 5.14. The quantitative estimate of drug-likeness (QED) is 0.273. The SMILES string of the molecule is COc1ccc(-c2nnc(SCC(=O)NCCCc3ccccc3)n2-c2ccccc2)cc1. The van der Waals surface area contributed by atoms with Crippen LogP contribution in [0.4, 0.5) is 0 Å². The van der Waals surface area contributed by atoms with Crippen LogP contribution >= 0.6 is 11.8 Å². The summed E-state index contributed by atoms with van der Waals surface area (Å²) in [5.41, 5.74) is 3.15. The summed E-state index contributed by atoms with van der Waals surface area (Å²) in [6, 6.07) is 27.9. The van der Waals surface area contributed by atoms with Crippen LogP contribution in [-0.4, -0.2) is 40.1 Å². The molecule has 1 amide bonds. The summed E-state index contributed by atoms with van der Waals surface area (Å²) < 4.78 is 7.25. The molecule has 0 spiro atoms. The van der Waals surface area contributed by atoms with Gasteiger partial charge in [0.2, 0.25) is 5.91 Å². The number of hydrogen-bond acceptors (Lipinski definition) is 5. The predicted molar refractivity (Wildman–Crippen MR) is 132 cm³/mol. The number of para-hydroxylation sites is 1. The Morgan fingerprint density at radius 1 is 0.939 bits per heavy atom. The second-order valence-corrected chi connectivity index (χ2v) is 8.38. The van der Waals surface area contributed by atoms with Gasteiger partial charge < -0.3 is 10.1 Å². The van der Waals surface area contributed by atoms with Crippen LogP contribution in [0.1, 0.15) is 12.0 Å². The van der Waals surface area contributed by atoms with Crippen molar-refractivity contribution in [3.63, 3.8) is 0 Å². The van der Waals surface area contributed by atoms with E-state index in [1.165, 1.54) is 17.3 Å². The van der Waals surface area contributed by atoms with E-state index in [-0.39, 0.29) is 11.7 Å². The zero-order valence-corrected chi connectivity index (χ0v) is 19.3. The maximum Gasteiger partial charge on any atom is 0.230 e. The van der Waals surface area contributed by atoms with E-state index < -0.39 is 0 Å². The van der Waals surface area contributed by atoms with Crippen LogP contribution in [0, 0.1) is 0 Å². The number of carbonyl (C=O) groups is 1. The van der Waals surface area contributed by atoms with Crippen molar-refractivity contribution in [1.82, 2.24) is 20.1 Å². The van der Waals surface area contributed by atoms with Crippen LogP contribution < -0.4 is 10.1 Å². The molecular weight excluding hydrogens is 432 g/mol. The van der Waals surface area contributed by atoms with Gasteiger partial charge in [-0.05, 0) is 54.8 Å². The van der Waals surface area contributed by atoms with E-state index in [0.29, 0.717) is 11.7 Å². The second kappa shape index (κ2) is 11.3. The number of benzene rings is 3. The minimum Gasteiger partial charge on any atom is -0.497 e. The van der Waals surface area contributed by atoms with Crippen molar-refractivity contribution < 1.29 is 9.53 Å². The first-order chi connectivity index (χ1) is 16.2. The van der Waals surface area contributed by atoms with Gasteiger partial charge in [0.15, 0.2) is 11.0 Å². The molecule has 0 saturated carbocycles. The molecule has 168 valence electrons. The Balaban J connectivity index is 1.41. The number of rotatable bonds is 10. The van der Waals surface area contributed by atoms with E-state index in [2.05, 4.69) is 27.6 Å². The number of hydrogen-bond donors (Lipinski definition) is 1. The molecule has 3 aromatic carbocycles. The molecule has 0 aliphatic carbocycles. The zero-order chi connectivity index (χ0) is 22.9. The van der Waals surface area contributed by atoms with Crippen LogP contribution in [0.5, 0.6) is 5.75 Å². The molecule has 33 heavy (non-hydrogen) atoms. The fraction of sp³-hybridized carbons (Fsp3) is 0.192. The van der Waals surface area contributed by atoms with Crippen LogP contribution in [0.2, 0.25) is 0 Å². The molecule has 1 N–H and O–H groups in total. The number of aromatic nitrogens is 3. The summed E-state index contributed by atoms with van der Waals surface area (Å²) in [7, 11) is 1.64. The third-order valence-corrected chi connectivity index (χ3v) is 6.06. The lowest BCUT2D eigenvalue weighted by molar-refractivity contribution is -0.118. The smallest absolute Gasteiger partial charge is 0.230 e. The molecule has 4 aromatic rings. The fourth-order valence-electron chi connectivity index (χ4n) is 3.45. The number of nitrogens with one attached hydrogen (secondary N) is 1. The Hall–Kier alpha value is -3.58. The Kier molecular flexibility index (Phi) is 7.76. The van der Waals surface area contributed by atoms with Gasteiger partial charge in [0, 0.05) is 17.8 Å². The van der Waals surface area contributed by atoms with Crippen LogP contribution in [-0.2, 0) is 11.2 Å². The van der Waals surface area contributed by atoms with Crippen molar-refractivity contribution in [1.29, 1.82) is 0 Å². The van der Waals surface area contributed by atoms with Gasteiger partial charge in [0.05, 0.1) is 12.9 Å². The summed E-state index contributed by atoms with van der Waals surface area (Å²) in [4.78, 5) is 12.4. The van der Waals surface area contributed by atoms with Crippen molar-refractivity contribution in [2.24, 2.45) is 0 Å². The molecule has 0 aliphatic rings. The largest absolute Gasteiger partial charge is 0.497 e. The van der Waals surface area contributed by atoms with Gasteiger partial charge in [-0.1, -0.05) is 60.3 Å². The lowest BCUT2D eigenvalue weighted by Gasteiger charge is -2.11. The first-order valence-corrected chi connectivity index (χ1v) is 11.8. The summed E-state index contributed by atoms with van der Waals surface area (Å²) >= 11 is 1.38. The molecule has 0 fully saturated rings. The monoisotopic (exact) mass is 458 g/mol. The van der Waals surface area contributed by atoms with Gasteiger partial charge in [0.25, 0.3) is 0 Å². The van der Waals surface area contributed by atoms with E-state index in [4.69, 9.17) is 4.74 Å². The molecule has 0 radical (unpaired) electrons. The lowest BCUT2D eigenvalue weighted by Crippen LogP contribution is -2.26.